The SMILES string of the molecule is CN1C(=O)NC[C@H]1C(=O)Nc1cc(Oc2ccc(C(F)(F)F)cc2)ccc1F. The summed E-state index contributed by atoms with van der Waals surface area (Å²) in [7, 11) is 1.44. The second-order valence-corrected chi connectivity index (χ2v) is 6.07. The van der Waals surface area contributed by atoms with Gasteiger partial charge in [-0.15, -0.1) is 0 Å². The van der Waals surface area contributed by atoms with Gasteiger partial charge in [-0.25, -0.2) is 9.18 Å². The Morgan fingerprint density at radius 3 is 2.39 bits per heavy atom. The molecular weight excluding hydrogens is 382 g/mol. The van der Waals surface area contributed by atoms with Gasteiger partial charge in [-0.05, 0) is 36.4 Å². The van der Waals surface area contributed by atoms with E-state index in [0.29, 0.717) is 0 Å². The number of nitrogens with zero attached hydrogens (tertiary/aromatic N) is 1. The van der Waals surface area contributed by atoms with Gasteiger partial charge >= 0.3 is 12.2 Å². The third kappa shape index (κ3) is 4.16. The van der Waals surface area contributed by atoms with E-state index in [1.807, 2.05) is 0 Å². The van der Waals surface area contributed by atoms with Crippen LogP contribution in [0, 0.1) is 5.82 Å². The van der Waals surface area contributed by atoms with Crippen molar-refractivity contribution >= 4 is 17.6 Å². The fraction of sp³-hybridized carbons (Fsp3) is 0.222. The van der Waals surface area contributed by atoms with Crippen molar-refractivity contribution in [1.82, 2.24) is 10.2 Å². The van der Waals surface area contributed by atoms with E-state index in [0.717, 1.165) is 30.3 Å². The topological polar surface area (TPSA) is 70.7 Å². The lowest BCUT2D eigenvalue weighted by atomic mass is 10.2. The van der Waals surface area contributed by atoms with Crippen molar-refractivity contribution in [2.45, 2.75) is 12.2 Å². The Balaban J connectivity index is 1.73. The Labute approximate surface area is 157 Å². The van der Waals surface area contributed by atoms with E-state index in [9.17, 15) is 27.2 Å². The number of ether oxygens (including phenoxy) is 1. The van der Waals surface area contributed by atoms with Crippen LogP contribution in [-0.4, -0.2) is 36.5 Å². The molecule has 0 aromatic heterocycles. The van der Waals surface area contributed by atoms with Crippen LogP contribution in [0.25, 0.3) is 0 Å². The van der Waals surface area contributed by atoms with Crippen molar-refractivity contribution in [3.8, 4) is 11.5 Å². The Kier molecular flexibility index (Phi) is 5.12. The summed E-state index contributed by atoms with van der Waals surface area (Å²) in [6.07, 6.45) is -4.46. The van der Waals surface area contributed by atoms with Crippen molar-refractivity contribution in [3.05, 3.63) is 53.8 Å². The molecule has 0 saturated carbocycles. The normalized spacial score (nSPS) is 16.7. The molecule has 6 nitrogen and oxygen atoms in total. The molecule has 1 saturated heterocycles. The number of carbonyl (C=O) groups is 2. The number of benzene rings is 2. The summed E-state index contributed by atoms with van der Waals surface area (Å²) >= 11 is 0. The minimum atomic E-state index is -4.46. The van der Waals surface area contributed by atoms with Gasteiger partial charge in [0.1, 0.15) is 23.4 Å². The molecule has 1 aliphatic heterocycles. The number of nitrogens with one attached hydrogen (secondary N) is 2. The van der Waals surface area contributed by atoms with E-state index < -0.39 is 35.5 Å². The zero-order valence-electron chi connectivity index (χ0n) is 14.5. The smallest absolute Gasteiger partial charge is 0.416 e. The highest BCUT2D eigenvalue weighted by Gasteiger charge is 2.33. The van der Waals surface area contributed by atoms with Gasteiger partial charge < -0.3 is 20.3 Å². The zero-order valence-corrected chi connectivity index (χ0v) is 14.5. The van der Waals surface area contributed by atoms with E-state index in [4.69, 9.17) is 4.74 Å². The van der Waals surface area contributed by atoms with Crippen LogP contribution >= 0.6 is 0 Å². The summed E-state index contributed by atoms with van der Waals surface area (Å²) in [6, 6.07) is 6.31. The molecule has 1 atom stereocenters. The number of hydrogen-bond acceptors (Lipinski definition) is 3. The van der Waals surface area contributed by atoms with E-state index in [2.05, 4.69) is 10.6 Å². The minimum absolute atomic E-state index is 0.0878. The van der Waals surface area contributed by atoms with Crippen LogP contribution in [0.1, 0.15) is 5.56 Å². The lowest BCUT2D eigenvalue weighted by Crippen LogP contribution is -2.40. The fourth-order valence-corrected chi connectivity index (χ4v) is 2.58. The number of likely N-dealkylation sites (N-methyl/N-ethyl adjacent to an activating group) is 1. The molecule has 0 bridgehead atoms. The summed E-state index contributed by atoms with van der Waals surface area (Å²) in [6.45, 7) is 0.0878. The molecule has 3 rings (SSSR count). The number of alkyl halides is 3. The summed E-state index contributed by atoms with van der Waals surface area (Å²) in [5.41, 5.74) is -1.00. The first kappa shape index (κ1) is 19.5. The number of anilines is 1. The molecule has 2 N–H and O–H groups in total. The van der Waals surface area contributed by atoms with Crippen molar-refractivity contribution in [2.75, 3.05) is 18.9 Å². The van der Waals surface area contributed by atoms with E-state index in [-0.39, 0.29) is 23.7 Å². The third-order valence-electron chi connectivity index (χ3n) is 4.15. The largest absolute Gasteiger partial charge is 0.457 e. The zero-order chi connectivity index (χ0) is 20.5. The molecule has 1 heterocycles. The average molecular weight is 397 g/mol. The molecule has 0 spiro atoms. The highest BCUT2D eigenvalue weighted by Crippen LogP contribution is 2.32. The predicted molar refractivity (Wildman–Crippen MR) is 91.5 cm³/mol. The monoisotopic (exact) mass is 397 g/mol. The minimum Gasteiger partial charge on any atom is -0.457 e. The number of carbonyl (C=O) groups excluding carboxylic acids is 2. The summed E-state index contributed by atoms with van der Waals surface area (Å²) < 4.78 is 57.2. The lowest BCUT2D eigenvalue weighted by Gasteiger charge is -2.18. The maximum Gasteiger partial charge on any atom is 0.416 e. The van der Waals surface area contributed by atoms with E-state index in [1.165, 1.54) is 24.1 Å². The van der Waals surface area contributed by atoms with E-state index >= 15 is 0 Å². The van der Waals surface area contributed by atoms with Gasteiger partial charge in [0.25, 0.3) is 0 Å². The van der Waals surface area contributed by atoms with Crippen LogP contribution < -0.4 is 15.4 Å². The molecular formula is C18H15F4N3O3. The molecule has 0 aliphatic carbocycles. The summed E-state index contributed by atoms with van der Waals surface area (Å²) in [4.78, 5) is 24.9. The van der Waals surface area contributed by atoms with Crippen LogP contribution in [0.15, 0.2) is 42.5 Å². The van der Waals surface area contributed by atoms with Crippen LogP contribution in [0.3, 0.4) is 0 Å². The van der Waals surface area contributed by atoms with Crippen LogP contribution in [-0.2, 0) is 11.0 Å². The maximum absolute atomic E-state index is 14.0. The van der Waals surface area contributed by atoms with Crippen LogP contribution in [0.5, 0.6) is 11.5 Å². The van der Waals surface area contributed by atoms with Gasteiger partial charge in [-0.2, -0.15) is 13.2 Å². The fourth-order valence-electron chi connectivity index (χ4n) is 2.58. The Morgan fingerprint density at radius 1 is 1.18 bits per heavy atom. The Morgan fingerprint density at radius 2 is 1.82 bits per heavy atom. The standard InChI is InChI=1S/C18H15F4N3O3/c1-25-15(9-23-17(25)27)16(26)24-14-8-12(6-7-13(14)19)28-11-4-2-10(3-5-11)18(20,21)22/h2-8,15H,9H2,1H3,(H,23,27)(H,24,26)/t15-/m0/s1. The molecule has 28 heavy (non-hydrogen) atoms. The van der Waals surface area contributed by atoms with Gasteiger partial charge in [0.15, 0.2) is 0 Å². The average Bonchev–Trinajstić information content (AvgIpc) is 2.97. The molecule has 2 aromatic carbocycles. The molecule has 10 heteroatoms. The first-order chi connectivity index (χ1) is 13.1. The van der Waals surface area contributed by atoms with Crippen LogP contribution in [0.2, 0.25) is 0 Å². The van der Waals surface area contributed by atoms with Gasteiger partial charge in [0.05, 0.1) is 11.3 Å². The number of halogens is 4. The van der Waals surface area contributed by atoms with Gasteiger partial charge in [0, 0.05) is 19.7 Å². The Hall–Kier alpha value is -3.30. The van der Waals surface area contributed by atoms with Crippen molar-refractivity contribution in [1.29, 1.82) is 0 Å². The number of urea groups is 1. The molecule has 2 aromatic rings. The molecule has 3 amide bonds. The predicted octanol–water partition coefficient (Wildman–Crippen LogP) is 3.60. The second kappa shape index (κ2) is 7.37. The van der Waals surface area contributed by atoms with Crippen LogP contribution in [0.4, 0.5) is 28.0 Å². The third-order valence-corrected chi connectivity index (χ3v) is 4.15. The van der Waals surface area contributed by atoms with Gasteiger partial charge in [0.2, 0.25) is 5.91 Å². The second-order valence-electron chi connectivity index (χ2n) is 6.07. The van der Waals surface area contributed by atoms with Gasteiger partial charge in [-0.1, -0.05) is 0 Å². The quantitative estimate of drug-likeness (QED) is 0.775. The molecule has 1 fully saturated rings. The molecule has 1 aliphatic rings. The number of hydrogen-bond donors (Lipinski definition) is 2. The highest BCUT2D eigenvalue weighted by molar-refractivity contribution is 5.99. The van der Waals surface area contributed by atoms with Crippen molar-refractivity contribution in [2.24, 2.45) is 0 Å². The number of rotatable bonds is 4. The summed E-state index contributed by atoms with van der Waals surface area (Å²) in [5.74, 6) is -1.09. The molecule has 148 valence electrons. The first-order valence-corrected chi connectivity index (χ1v) is 8.11. The van der Waals surface area contributed by atoms with Crippen molar-refractivity contribution in [3.63, 3.8) is 0 Å². The Bertz CT molecular complexity index is 900. The number of amides is 3. The maximum atomic E-state index is 14.0. The highest BCUT2D eigenvalue weighted by atomic mass is 19.4. The first-order valence-electron chi connectivity index (χ1n) is 8.11. The summed E-state index contributed by atoms with van der Waals surface area (Å²) in [5, 5.41) is 4.87. The van der Waals surface area contributed by atoms with Crippen molar-refractivity contribution < 1.29 is 31.9 Å². The lowest BCUT2D eigenvalue weighted by molar-refractivity contribution is -0.137. The molecule has 0 radical (unpaired) electrons. The van der Waals surface area contributed by atoms with E-state index in [1.54, 1.807) is 0 Å². The molecule has 0 unspecified atom stereocenters. The van der Waals surface area contributed by atoms with Gasteiger partial charge in [-0.3, -0.25) is 4.79 Å².